The summed E-state index contributed by atoms with van der Waals surface area (Å²) in [5.41, 5.74) is 5.97. The van der Waals surface area contributed by atoms with E-state index < -0.39 is 48.8 Å². The summed E-state index contributed by atoms with van der Waals surface area (Å²) in [6.45, 7) is 6.30. The lowest BCUT2D eigenvalue weighted by atomic mass is 9.72. The molecule has 5 atom stereocenters. The van der Waals surface area contributed by atoms with Crippen molar-refractivity contribution < 1.29 is 43.2 Å². The number of aliphatic hydroxyl groups excluding tert-OH is 2. The van der Waals surface area contributed by atoms with Crippen LogP contribution in [0.2, 0.25) is 0 Å². The second-order valence-electron chi connectivity index (χ2n) is 17.4. The number of benzene rings is 4. The molecule has 0 fully saturated rings. The maximum atomic E-state index is 14.7. The van der Waals surface area contributed by atoms with Gasteiger partial charge in [0.2, 0.25) is 0 Å². The van der Waals surface area contributed by atoms with Crippen molar-refractivity contribution in [1.82, 2.24) is 0 Å². The van der Waals surface area contributed by atoms with Gasteiger partial charge in [0.1, 0.15) is 23.7 Å². The van der Waals surface area contributed by atoms with Gasteiger partial charge in [-0.25, -0.2) is 9.59 Å². The highest BCUT2D eigenvalue weighted by molar-refractivity contribution is 5.90. The lowest BCUT2D eigenvalue weighted by molar-refractivity contribution is -0.188. The number of esters is 2. The third-order valence-corrected chi connectivity index (χ3v) is 12.7. The van der Waals surface area contributed by atoms with Crippen LogP contribution in [0.25, 0.3) is 11.0 Å². The highest BCUT2D eigenvalue weighted by Crippen LogP contribution is 2.49. The summed E-state index contributed by atoms with van der Waals surface area (Å²) in [6, 6.07) is 30.9. The molecule has 10 nitrogen and oxygen atoms in total. The third kappa shape index (κ3) is 8.91. The molecule has 4 aromatic carbocycles. The Labute approximate surface area is 361 Å². The molecule has 62 heavy (non-hydrogen) atoms. The summed E-state index contributed by atoms with van der Waals surface area (Å²) in [7, 11) is 0. The predicted octanol–water partition coefficient (Wildman–Crippen LogP) is 8.87. The number of carbonyl (C=O) groups is 2. The lowest BCUT2D eigenvalue weighted by Crippen LogP contribution is -2.52. The van der Waals surface area contributed by atoms with Crippen molar-refractivity contribution in [1.29, 1.82) is 0 Å². The van der Waals surface area contributed by atoms with Crippen molar-refractivity contribution >= 4 is 22.9 Å². The monoisotopic (exact) mass is 838 g/mol. The van der Waals surface area contributed by atoms with Gasteiger partial charge in [0.05, 0.1) is 18.8 Å². The average molecular weight is 839 g/mol. The first-order chi connectivity index (χ1) is 29.9. The molecule has 322 valence electrons. The van der Waals surface area contributed by atoms with Crippen LogP contribution in [0, 0.1) is 5.92 Å². The minimum Gasteiger partial charge on any atom is -0.483 e. The molecule has 5 aromatic rings. The number of rotatable bonds is 8. The fourth-order valence-corrected chi connectivity index (χ4v) is 9.47. The van der Waals surface area contributed by atoms with Gasteiger partial charge in [0.25, 0.3) is 0 Å². The molecular weight excluding hydrogens is 785 g/mol. The van der Waals surface area contributed by atoms with E-state index in [4.69, 9.17) is 23.4 Å². The number of carbonyl (C=O) groups excluding carboxylic acids is 2. The van der Waals surface area contributed by atoms with E-state index in [1.165, 1.54) is 16.7 Å². The lowest BCUT2D eigenvalue weighted by Gasteiger charge is -2.43. The van der Waals surface area contributed by atoms with Crippen molar-refractivity contribution in [3.63, 3.8) is 0 Å². The van der Waals surface area contributed by atoms with E-state index in [-0.39, 0.29) is 53.9 Å². The number of allylic oxidation sites excluding steroid dienone is 3. The quantitative estimate of drug-likeness (QED) is 0.0389. The first kappa shape index (κ1) is 42.9. The van der Waals surface area contributed by atoms with Gasteiger partial charge in [-0.15, -0.1) is 0 Å². The molecule has 2 bridgehead atoms. The molecular formula is C52H54O10. The Kier molecular flexibility index (Phi) is 12.6. The second-order valence-corrected chi connectivity index (χ2v) is 17.4. The molecule has 1 aliphatic carbocycles. The summed E-state index contributed by atoms with van der Waals surface area (Å²) >= 11 is 0. The fraction of sp³-hybridized carbons (Fsp3) is 0.365. The molecule has 3 aliphatic heterocycles. The van der Waals surface area contributed by atoms with Crippen LogP contribution in [0.4, 0.5) is 0 Å². The molecule has 0 saturated carbocycles. The molecule has 10 heteroatoms. The molecule has 4 heterocycles. The van der Waals surface area contributed by atoms with Crippen molar-refractivity contribution in [3.05, 3.63) is 169 Å². The van der Waals surface area contributed by atoms with Gasteiger partial charge in [-0.1, -0.05) is 96.6 Å². The van der Waals surface area contributed by atoms with Crippen LogP contribution in [0.3, 0.4) is 0 Å². The van der Waals surface area contributed by atoms with E-state index in [0.29, 0.717) is 41.5 Å². The van der Waals surface area contributed by atoms with E-state index in [1.54, 1.807) is 26.0 Å². The minimum absolute atomic E-state index is 0.0221. The Hall–Kier alpha value is -5.81. The van der Waals surface area contributed by atoms with Crippen molar-refractivity contribution in [2.45, 2.75) is 102 Å². The Bertz CT molecular complexity index is 2560. The van der Waals surface area contributed by atoms with Crippen LogP contribution in [0.15, 0.2) is 124 Å². The Balaban J connectivity index is 1.21. The molecule has 2 N–H and O–H groups in total. The number of aliphatic hydroxyl groups is 2. The Morgan fingerprint density at radius 2 is 1.60 bits per heavy atom. The van der Waals surface area contributed by atoms with Crippen molar-refractivity contribution in [2.24, 2.45) is 5.92 Å². The third-order valence-electron chi connectivity index (χ3n) is 12.7. The van der Waals surface area contributed by atoms with Crippen LogP contribution in [-0.4, -0.2) is 47.3 Å². The number of hydrogen-bond donors (Lipinski definition) is 2. The fourth-order valence-electron chi connectivity index (χ4n) is 9.47. The highest BCUT2D eigenvalue weighted by atomic mass is 16.6. The summed E-state index contributed by atoms with van der Waals surface area (Å²) in [5, 5.41) is 20.2. The Morgan fingerprint density at radius 3 is 2.34 bits per heavy atom. The molecule has 9 rings (SSSR count). The smallest absolute Gasteiger partial charge is 0.339 e. The largest absolute Gasteiger partial charge is 0.483 e. The van der Waals surface area contributed by atoms with Gasteiger partial charge in [-0.3, -0.25) is 4.79 Å². The van der Waals surface area contributed by atoms with Gasteiger partial charge in [0, 0.05) is 41.2 Å². The van der Waals surface area contributed by atoms with Gasteiger partial charge in [0.15, 0.2) is 12.2 Å². The van der Waals surface area contributed by atoms with Gasteiger partial charge >= 0.3 is 17.6 Å². The maximum Gasteiger partial charge on any atom is 0.339 e. The Morgan fingerprint density at radius 1 is 0.823 bits per heavy atom. The van der Waals surface area contributed by atoms with E-state index in [2.05, 4.69) is 84.9 Å². The molecule has 0 spiro atoms. The second kappa shape index (κ2) is 18.3. The van der Waals surface area contributed by atoms with Crippen LogP contribution in [0.1, 0.15) is 109 Å². The van der Waals surface area contributed by atoms with E-state index in [1.807, 2.05) is 19.9 Å². The zero-order chi connectivity index (χ0) is 43.5. The predicted molar refractivity (Wildman–Crippen MR) is 235 cm³/mol. The highest BCUT2D eigenvalue weighted by Gasteiger charge is 2.51. The zero-order valence-electron chi connectivity index (χ0n) is 35.7. The number of hydrogen-bond acceptors (Lipinski definition) is 10. The van der Waals surface area contributed by atoms with Crippen molar-refractivity contribution in [3.8, 4) is 5.75 Å². The number of aryl methyl sites for hydroxylation is 1. The summed E-state index contributed by atoms with van der Waals surface area (Å²) in [5.74, 6) is -0.953. The van der Waals surface area contributed by atoms with E-state index in [0.717, 1.165) is 23.1 Å². The topological polar surface area (TPSA) is 142 Å². The summed E-state index contributed by atoms with van der Waals surface area (Å²) in [6.07, 6.45) is 4.75. The average Bonchev–Trinajstić information content (AvgIpc) is 3.25. The first-order valence-corrected chi connectivity index (χ1v) is 21.5. The van der Waals surface area contributed by atoms with Crippen LogP contribution in [-0.2, 0) is 49.7 Å². The molecule has 0 radical (unpaired) electrons. The van der Waals surface area contributed by atoms with Crippen LogP contribution in [0.5, 0.6) is 5.75 Å². The molecule has 4 aliphatic rings. The van der Waals surface area contributed by atoms with E-state index in [9.17, 15) is 24.6 Å². The molecule has 0 saturated heterocycles. The number of fused-ring (bicyclic) bond motifs is 11. The van der Waals surface area contributed by atoms with Crippen molar-refractivity contribution in [2.75, 3.05) is 13.4 Å². The molecule has 0 amide bonds. The molecule has 5 unspecified atom stereocenters. The molecule has 1 aromatic heterocycles. The first-order valence-electron chi connectivity index (χ1n) is 21.5. The van der Waals surface area contributed by atoms with Gasteiger partial charge < -0.3 is 33.6 Å². The summed E-state index contributed by atoms with van der Waals surface area (Å²) < 4.78 is 30.7. The normalized spacial score (nSPS) is 22.2. The van der Waals surface area contributed by atoms with Crippen LogP contribution >= 0.6 is 0 Å². The van der Waals surface area contributed by atoms with Gasteiger partial charge in [-0.2, -0.15) is 0 Å². The minimum atomic E-state index is -1.25. The standard InChI is InChI=1S/C52H54O10/c1-31(2)39-19-15-32-13-16-35(17-14-32)40-20-18-37(36-12-8-11-34(26-36)25-33-9-6-5-7-10-33)27-38(40)28-45(55)59-48-46-44(62-52(3,4)49(48)61-50(39)56)22-21-41-43(29-53)42(23-24-58-30-54)51(57)60-47(41)46/h5-14,16-18,20-22,26,37-38,40,48-49,53-54H,15,19,23-25,27-30H2,1-4H3. The van der Waals surface area contributed by atoms with E-state index >= 15 is 0 Å². The van der Waals surface area contributed by atoms with Gasteiger partial charge in [-0.05, 0) is 105 Å². The number of ether oxygens (including phenoxy) is 4. The zero-order valence-corrected chi connectivity index (χ0v) is 35.7. The summed E-state index contributed by atoms with van der Waals surface area (Å²) in [4.78, 5) is 42.7. The van der Waals surface area contributed by atoms with Crippen LogP contribution < -0.4 is 10.4 Å². The maximum absolute atomic E-state index is 14.7. The SMILES string of the molecule is CC(C)=C1CCc2ccc(cc2)C2C=CC(c3cccc(Cc4ccccc4)c3)CC2CC(=O)OC2c3c(ccc4c(CO)c(CCOCO)c(=O)oc34)OC(C)(C)C2OC1=O.